The van der Waals surface area contributed by atoms with Crippen LogP contribution in [0.5, 0.6) is 0 Å². The van der Waals surface area contributed by atoms with Crippen LogP contribution in [0.4, 0.5) is 4.39 Å². The second kappa shape index (κ2) is 3.97. The molecule has 0 bridgehead atoms. The Bertz CT molecular complexity index is 435. The van der Waals surface area contributed by atoms with Gasteiger partial charge in [0.1, 0.15) is 5.82 Å². The van der Waals surface area contributed by atoms with E-state index in [1.807, 2.05) is 12.1 Å². The third kappa shape index (κ3) is 2.96. The van der Waals surface area contributed by atoms with Crippen LogP contribution in [0, 0.1) is 16.6 Å². The lowest BCUT2D eigenvalue weighted by Gasteiger charge is -2.39. The van der Waals surface area contributed by atoms with Gasteiger partial charge in [0.15, 0.2) is 0 Å². The topological polar surface area (TPSA) is 0 Å². The molecule has 0 heterocycles. The van der Waals surface area contributed by atoms with Gasteiger partial charge in [-0.15, -0.1) is 0 Å². The predicted octanol–water partition coefficient (Wildman–Crippen LogP) is 5.06. The van der Waals surface area contributed by atoms with E-state index >= 15 is 0 Å². The molecule has 0 aliphatic heterocycles. The van der Waals surface area contributed by atoms with Crippen molar-refractivity contribution in [1.29, 1.82) is 0 Å². The van der Waals surface area contributed by atoms with E-state index in [9.17, 15) is 4.39 Å². The zero-order chi connectivity index (χ0) is 12.7. The smallest absolute Gasteiger partial charge is 0.123 e. The van der Waals surface area contributed by atoms with Crippen LogP contribution in [0.3, 0.4) is 0 Å². The van der Waals surface area contributed by atoms with E-state index < -0.39 is 0 Å². The molecule has 1 aromatic carbocycles. The van der Waals surface area contributed by atoms with Gasteiger partial charge in [0.05, 0.1) is 0 Å². The van der Waals surface area contributed by atoms with E-state index in [0.717, 1.165) is 12.0 Å². The van der Waals surface area contributed by atoms with Crippen molar-refractivity contribution in [2.45, 2.75) is 40.5 Å². The molecule has 1 heteroatoms. The van der Waals surface area contributed by atoms with Gasteiger partial charge in [-0.2, -0.15) is 0 Å². The second-order valence-corrected chi connectivity index (χ2v) is 6.68. The minimum Gasteiger partial charge on any atom is -0.207 e. The van der Waals surface area contributed by atoms with Crippen LogP contribution in [-0.2, 0) is 0 Å². The van der Waals surface area contributed by atoms with Gasteiger partial charge in [0, 0.05) is 0 Å². The van der Waals surface area contributed by atoms with Gasteiger partial charge < -0.3 is 0 Å². The van der Waals surface area contributed by atoms with Gasteiger partial charge in [0.2, 0.25) is 0 Å². The Hall–Kier alpha value is -1.11. The first-order chi connectivity index (χ1) is 7.77. The van der Waals surface area contributed by atoms with Crippen molar-refractivity contribution in [2.75, 3.05) is 0 Å². The Morgan fingerprint density at radius 2 is 1.59 bits per heavy atom. The Kier molecular flexibility index (Phi) is 2.89. The summed E-state index contributed by atoms with van der Waals surface area (Å²) in [6, 6.07) is 6.87. The van der Waals surface area contributed by atoms with Gasteiger partial charge in [-0.1, -0.05) is 45.9 Å². The average Bonchev–Trinajstić information content (AvgIpc) is 2.13. The molecule has 0 N–H and O–H groups in total. The number of rotatable bonds is 1. The first-order valence-corrected chi connectivity index (χ1v) is 6.25. The van der Waals surface area contributed by atoms with Crippen LogP contribution in [0.25, 0.3) is 5.57 Å². The zero-order valence-electron chi connectivity index (χ0n) is 11.2. The molecule has 0 radical (unpaired) electrons. The maximum Gasteiger partial charge on any atom is 0.123 e. The largest absolute Gasteiger partial charge is 0.207 e. The summed E-state index contributed by atoms with van der Waals surface area (Å²) in [6.07, 6.45) is 4.62. The fraction of sp³-hybridized carbons (Fsp3) is 0.500. The Morgan fingerprint density at radius 1 is 1.00 bits per heavy atom. The Morgan fingerprint density at radius 3 is 2.12 bits per heavy atom. The summed E-state index contributed by atoms with van der Waals surface area (Å²) in [5.41, 5.74) is 3.06. The summed E-state index contributed by atoms with van der Waals surface area (Å²) < 4.78 is 12.9. The molecule has 0 spiro atoms. The number of benzene rings is 1. The van der Waals surface area contributed by atoms with Crippen molar-refractivity contribution in [3.63, 3.8) is 0 Å². The normalized spacial score (nSPS) is 22.1. The first-order valence-electron chi connectivity index (χ1n) is 6.25. The monoisotopic (exact) mass is 232 g/mol. The molecule has 0 fully saturated rings. The second-order valence-electron chi connectivity index (χ2n) is 6.68. The van der Waals surface area contributed by atoms with Crippen LogP contribution in [0.15, 0.2) is 30.3 Å². The molecule has 0 atom stereocenters. The van der Waals surface area contributed by atoms with Crippen molar-refractivity contribution in [2.24, 2.45) is 10.8 Å². The molecule has 0 aromatic heterocycles. The minimum atomic E-state index is -0.163. The van der Waals surface area contributed by atoms with Crippen LogP contribution in [0.1, 0.15) is 46.1 Å². The van der Waals surface area contributed by atoms with E-state index in [1.54, 1.807) is 12.1 Å². The zero-order valence-corrected chi connectivity index (χ0v) is 11.2. The average molecular weight is 232 g/mol. The molecule has 0 saturated heterocycles. The lowest BCUT2D eigenvalue weighted by atomic mass is 9.66. The van der Waals surface area contributed by atoms with Crippen molar-refractivity contribution < 1.29 is 4.39 Å². The number of hydrogen-bond acceptors (Lipinski definition) is 0. The fourth-order valence-electron chi connectivity index (χ4n) is 3.23. The highest BCUT2D eigenvalue weighted by Gasteiger charge is 2.33. The summed E-state index contributed by atoms with van der Waals surface area (Å²) >= 11 is 0. The molecule has 2 rings (SSSR count). The molecule has 0 saturated carbocycles. The lowest BCUT2D eigenvalue weighted by molar-refractivity contribution is 0.229. The first kappa shape index (κ1) is 12.3. The van der Waals surface area contributed by atoms with E-state index in [0.29, 0.717) is 5.41 Å². The highest BCUT2D eigenvalue weighted by atomic mass is 19.1. The van der Waals surface area contributed by atoms with E-state index in [4.69, 9.17) is 0 Å². The quantitative estimate of drug-likeness (QED) is 0.635. The van der Waals surface area contributed by atoms with Crippen molar-refractivity contribution in [3.8, 4) is 0 Å². The number of allylic oxidation sites excluding steroid dienone is 2. The Balaban J connectivity index is 2.38. The van der Waals surface area contributed by atoms with Gasteiger partial charge in [-0.3, -0.25) is 0 Å². The molecular formula is C16H21F. The molecule has 92 valence electrons. The fourth-order valence-corrected chi connectivity index (χ4v) is 3.23. The molecular weight excluding hydrogens is 211 g/mol. The standard InChI is InChI=1S/C16H21F/c1-15(2)9-13(10-16(3,4)11-15)12-5-7-14(17)8-6-12/h5-9H,10-11H2,1-4H3. The van der Waals surface area contributed by atoms with E-state index in [1.165, 1.54) is 12.0 Å². The summed E-state index contributed by atoms with van der Waals surface area (Å²) in [4.78, 5) is 0. The van der Waals surface area contributed by atoms with Crippen molar-refractivity contribution in [1.82, 2.24) is 0 Å². The molecule has 1 aliphatic carbocycles. The SMILES string of the molecule is CC1(C)C=C(c2ccc(F)cc2)CC(C)(C)C1. The number of hydrogen-bond donors (Lipinski definition) is 0. The van der Waals surface area contributed by atoms with Crippen molar-refractivity contribution in [3.05, 3.63) is 41.7 Å². The highest BCUT2D eigenvalue weighted by molar-refractivity contribution is 5.67. The van der Waals surface area contributed by atoms with E-state index in [-0.39, 0.29) is 11.2 Å². The summed E-state index contributed by atoms with van der Waals surface area (Å²) in [7, 11) is 0. The molecule has 0 unspecified atom stereocenters. The maximum absolute atomic E-state index is 12.9. The Labute approximate surface area is 104 Å². The van der Waals surface area contributed by atoms with Gasteiger partial charge in [0.25, 0.3) is 0 Å². The highest BCUT2D eigenvalue weighted by Crippen LogP contribution is 2.47. The molecule has 1 aromatic rings. The van der Waals surface area contributed by atoms with Crippen LogP contribution < -0.4 is 0 Å². The molecule has 17 heavy (non-hydrogen) atoms. The van der Waals surface area contributed by atoms with Crippen LogP contribution >= 0.6 is 0 Å². The number of halogens is 1. The summed E-state index contributed by atoms with van der Waals surface area (Å²) in [5, 5.41) is 0. The van der Waals surface area contributed by atoms with Gasteiger partial charge >= 0.3 is 0 Å². The predicted molar refractivity (Wildman–Crippen MR) is 71.2 cm³/mol. The lowest BCUT2D eigenvalue weighted by Crippen LogP contribution is -2.26. The van der Waals surface area contributed by atoms with Crippen LogP contribution in [0.2, 0.25) is 0 Å². The van der Waals surface area contributed by atoms with Crippen molar-refractivity contribution >= 4 is 5.57 Å². The van der Waals surface area contributed by atoms with Gasteiger partial charge in [-0.05, 0) is 46.9 Å². The molecule has 1 aliphatic rings. The molecule has 0 nitrogen and oxygen atoms in total. The third-order valence-corrected chi connectivity index (χ3v) is 3.38. The molecule has 0 amide bonds. The summed E-state index contributed by atoms with van der Waals surface area (Å²) in [5.74, 6) is -0.163. The van der Waals surface area contributed by atoms with E-state index in [2.05, 4.69) is 33.8 Å². The maximum atomic E-state index is 12.9. The van der Waals surface area contributed by atoms with Gasteiger partial charge in [-0.25, -0.2) is 4.39 Å². The minimum absolute atomic E-state index is 0.163. The van der Waals surface area contributed by atoms with Crippen LogP contribution in [-0.4, -0.2) is 0 Å². The summed E-state index contributed by atoms with van der Waals surface area (Å²) in [6.45, 7) is 9.17. The third-order valence-electron chi connectivity index (χ3n) is 3.38.